The number of rotatable bonds is 7. The highest BCUT2D eigenvalue weighted by atomic mass is 16.6. The van der Waals surface area contributed by atoms with Gasteiger partial charge in [0.15, 0.2) is 0 Å². The molecule has 7 atom stereocenters. The first-order valence-corrected chi connectivity index (χ1v) is 11.5. The molecule has 2 aliphatic carbocycles. The van der Waals surface area contributed by atoms with Crippen molar-refractivity contribution >= 4 is 11.9 Å². The van der Waals surface area contributed by atoms with Gasteiger partial charge in [-0.1, -0.05) is 39.0 Å². The Morgan fingerprint density at radius 1 is 1.23 bits per heavy atom. The van der Waals surface area contributed by atoms with E-state index >= 15 is 0 Å². The van der Waals surface area contributed by atoms with Gasteiger partial charge in [0.2, 0.25) is 0 Å². The highest BCUT2D eigenvalue weighted by Gasteiger charge is 2.42. The molecule has 30 heavy (non-hydrogen) atoms. The fraction of sp³-hybridized carbons (Fsp3) is 0.750. The summed E-state index contributed by atoms with van der Waals surface area (Å²) in [6, 6.07) is 0. The number of cyclic esters (lactones) is 1. The minimum absolute atomic E-state index is 0.0240. The summed E-state index contributed by atoms with van der Waals surface area (Å²) in [7, 11) is 0. The maximum atomic E-state index is 12.7. The van der Waals surface area contributed by atoms with Gasteiger partial charge in [-0.05, 0) is 43.1 Å². The summed E-state index contributed by atoms with van der Waals surface area (Å²) in [6.45, 7) is 6.14. The first kappa shape index (κ1) is 23.0. The highest BCUT2D eigenvalue weighted by molar-refractivity contribution is 5.72. The third-order valence-corrected chi connectivity index (χ3v) is 7.02. The average molecular weight is 421 g/mol. The number of aliphatic hydroxyl groups excluding tert-OH is 2. The van der Waals surface area contributed by atoms with E-state index in [4.69, 9.17) is 9.47 Å². The molecule has 6 nitrogen and oxygen atoms in total. The van der Waals surface area contributed by atoms with Gasteiger partial charge in [0.25, 0.3) is 0 Å². The van der Waals surface area contributed by atoms with Crippen molar-refractivity contribution in [2.24, 2.45) is 23.7 Å². The summed E-state index contributed by atoms with van der Waals surface area (Å²) in [5, 5.41) is 20.2. The number of allylic oxidation sites excluding steroid dienone is 2. The Morgan fingerprint density at radius 3 is 2.63 bits per heavy atom. The maximum absolute atomic E-state index is 12.7. The number of fused-ring (bicyclic) bond motifs is 1. The Morgan fingerprint density at radius 2 is 1.97 bits per heavy atom. The molecule has 0 bridgehead atoms. The van der Waals surface area contributed by atoms with E-state index in [0.717, 1.165) is 24.8 Å². The summed E-state index contributed by atoms with van der Waals surface area (Å²) in [6.07, 6.45) is 8.11. The normalized spacial score (nSPS) is 36.1. The number of carbonyl (C=O) groups is 2. The molecule has 0 aromatic heterocycles. The summed E-state index contributed by atoms with van der Waals surface area (Å²) in [5.41, 5.74) is 1.03. The second kappa shape index (κ2) is 10.1. The molecule has 0 aromatic rings. The van der Waals surface area contributed by atoms with E-state index in [1.54, 1.807) is 0 Å². The van der Waals surface area contributed by atoms with Crippen molar-refractivity contribution in [2.45, 2.75) is 90.1 Å². The molecule has 1 saturated heterocycles. The highest BCUT2D eigenvalue weighted by Crippen LogP contribution is 2.44. The van der Waals surface area contributed by atoms with Gasteiger partial charge < -0.3 is 19.7 Å². The molecule has 0 unspecified atom stereocenters. The van der Waals surface area contributed by atoms with Crippen LogP contribution in [0.25, 0.3) is 0 Å². The molecule has 168 valence electrons. The molecule has 3 rings (SSSR count). The van der Waals surface area contributed by atoms with Crippen molar-refractivity contribution in [3.63, 3.8) is 0 Å². The first-order chi connectivity index (χ1) is 14.3. The molecular weight excluding hydrogens is 384 g/mol. The van der Waals surface area contributed by atoms with Crippen molar-refractivity contribution in [3.8, 4) is 0 Å². The molecule has 0 spiro atoms. The van der Waals surface area contributed by atoms with Crippen LogP contribution >= 0.6 is 0 Å². The van der Waals surface area contributed by atoms with Gasteiger partial charge in [-0.2, -0.15) is 0 Å². The predicted molar refractivity (Wildman–Crippen MR) is 112 cm³/mol. The SMILES string of the molecule is CCC(CC)C(=O)O[C@H]1C[C@H](O)C=C2C=C[C@H](C)[C@H](CC[C@@H]3C[C@@H](O)CC(=O)O3)[C@H]21. The molecular formula is C24H36O6. The van der Waals surface area contributed by atoms with Crippen LogP contribution in [-0.2, 0) is 19.1 Å². The third-order valence-electron chi connectivity index (χ3n) is 7.02. The number of aliphatic hydroxyl groups is 2. The van der Waals surface area contributed by atoms with E-state index in [1.165, 1.54) is 0 Å². The Hall–Kier alpha value is -1.66. The van der Waals surface area contributed by atoms with Crippen LogP contribution in [-0.4, -0.2) is 46.6 Å². The average Bonchev–Trinajstić information content (AvgIpc) is 2.67. The zero-order valence-corrected chi connectivity index (χ0v) is 18.3. The molecule has 1 aliphatic heterocycles. The van der Waals surface area contributed by atoms with E-state index in [-0.39, 0.29) is 54.2 Å². The van der Waals surface area contributed by atoms with Crippen LogP contribution in [0.5, 0.6) is 0 Å². The molecule has 0 saturated carbocycles. The fourth-order valence-corrected chi connectivity index (χ4v) is 5.27. The van der Waals surface area contributed by atoms with Gasteiger partial charge in [0.05, 0.1) is 24.5 Å². The van der Waals surface area contributed by atoms with Crippen molar-refractivity contribution in [1.82, 2.24) is 0 Å². The van der Waals surface area contributed by atoms with E-state index in [1.807, 2.05) is 19.9 Å². The van der Waals surface area contributed by atoms with Crippen LogP contribution in [0.3, 0.4) is 0 Å². The van der Waals surface area contributed by atoms with Crippen LogP contribution in [0, 0.1) is 23.7 Å². The van der Waals surface area contributed by atoms with Crippen LogP contribution in [0.1, 0.15) is 65.7 Å². The molecule has 1 fully saturated rings. The Labute approximate surface area is 179 Å². The van der Waals surface area contributed by atoms with E-state index in [0.29, 0.717) is 19.3 Å². The van der Waals surface area contributed by atoms with Gasteiger partial charge in [0, 0.05) is 18.8 Å². The van der Waals surface area contributed by atoms with Gasteiger partial charge in [-0.3, -0.25) is 9.59 Å². The largest absolute Gasteiger partial charge is 0.462 e. The van der Waals surface area contributed by atoms with E-state index in [2.05, 4.69) is 19.1 Å². The zero-order chi connectivity index (χ0) is 21.8. The standard InChI is InChI=1S/C24H36O6/c1-4-15(5-2)24(28)30-21-12-17(25)10-16-7-6-14(3)20(23(16)21)9-8-19-11-18(26)13-22(27)29-19/h6-7,10,14-15,17-21,23,25-26H,4-5,8-9,11-13H2,1-3H3/t14-,17+,18+,19+,20-,21-,23-/m0/s1. The lowest BCUT2D eigenvalue weighted by Gasteiger charge is -2.43. The smallest absolute Gasteiger partial charge is 0.309 e. The molecule has 0 radical (unpaired) electrons. The predicted octanol–water partition coefficient (Wildman–Crippen LogP) is 3.31. The summed E-state index contributed by atoms with van der Waals surface area (Å²) in [4.78, 5) is 24.4. The lowest BCUT2D eigenvalue weighted by atomic mass is 9.66. The summed E-state index contributed by atoms with van der Waals surface area (Å²) >= 11 is 0. The minimum atomic E-state index is -0.631. The summed E-state index contributed by atoms with van der Waals surface area (Å²) < 4.78 is 11.4. The quantitative estimate of drug-likeness (QED) is 0.614. The second-order valence-electron chi connectivity index (χ2n) is 9.15. The molecule has 0 amide bonds. The Balaban J connectivity index is 1.74. The number of ether oxygens (including phenoxy) is 2. The molecule has 6 heteroatoms. The molecule has 3 aliphatic rings. The van der Waals surface area contributed by atoms with Crippen molar-refractivity contribution < 1.29 is 29.3 Å². The number of hydrogen-bond donors (Lipinski definition) is 2. The summed E-state index contributed by atoms with van der Waals surface area (Å²) in [5.74, 6) is -0.116. The number of esters is 2. The number of hydrogen-bond acceptors (Lipinski definition) is 6. The lowest BCUT2D eigenvalue weighted by Crippen LogP contribution is -2.43. The monoisotopic (exact) mass is 420 g/mol. The van der Waals surface area contributed by atoms with E-state index in [9.17, 15) is 19.8 Å². The van der Waals surface area contributed by atoms with Gasteiger partial charge in [-0.25, -0.2) is 0 Å². The Kier molecular flexibility index (Phi) is 7.75. The van der Waals surface area contributed by atoms with Crippen LogP contribution in [0.2, 0.25) is 0 Å². The molecule has 0 aromatic carbocycles. The second-order valence-corrected chi connectivity index (χ2v) is 9.15. The van der Waals surface area contributed by atoms with Crippen molar-refractivity contribution in [1.29, 1.82) is 0 Å². The molecule has 1 heterocycles. The Bertz CT molecular complexity index is 679. The van der Waals surface area contributed by atoms with Crippen LogP contribution in [0.4, 0.5) is 0 Å². The van der Waals surface area contributed by atoms with Crippen LogP contribution in [0.15, 0.2) is 23.8 Å². The first-order valence-electron chi connectivity index (χ1n) is 11.5. The maximum Gasteiger partial charge on any atom is 0.309 e. The third kappa shape index (κ3) is 5.33. The lowest BCUT2D eigenvalue weighted by molar-refractivity contribution is -0.163. The van der Waals surface area contributed by atoms with Gasteiger partial charge in [0.1, 0.15) is 12.2 Å². The zero-order valence-electron chi connectivity index (χ0n) is 18.3. The van der Waals surface area contributed by atoms with Crippen LogP contribution < -0.4 is 0 Å². The van der Waals surface area contributed by atoms with Crippen molar-refractivity contribution in [2.75, 3.05) is 0 Å². The minimum Gasteiger partial charge on any atom is -0.462 e. The number of carbonyl (C=O) groups excluding carboxylic acids is 2. The van der Waals surface area contributed by atoms with Gasteiger partial charge >= 0.3 is 11.9 Å². The van der Waals surface area contributed by atoms with Crippen molar-refractivity contribution in [3.05, 3.63) is 23.8 Å². The van der Waals surface area contributed by atoms with Gasteiger partial charge in [-0.15, -0.1) is 0 Å². The van der Waals surface area contributed by atoms with E-state index < -0.39 is 12.2 Å². The fourth-order valence-electron chi connectivity index (χ4n) is 5.27. The topological polar surface area (TPSA) is 93.1 Å². The molecule has 2 N–H and O–H groups in total.